The van der Waals surface area contributed by atoms with E-state index in [-0.39, 0.29) is 18.3 Å². The van der Waals surface area contributed by atoms with E-state index in [0.717, 1.165) is 30.3 Å². The van der Waals surface area contributed by atoms with Crippen LogP contribution in [-0.4, -0.2) is 18.3 Å². The zero-order valence-corrected chi connectivity index (χ0v) is 13.5. The SMILES string of the molecule is CCCCC1(C)OB(c2ccc(CON)cc2)OC1(C)C. The average molecular weight is 291 g/mol. The Kier molecular flexibility index (Phi) is 5.09. The van der Waals surface area contributed by atoms with Gasteiger partial charge in [0.1, 0.15) is 0 Å². The lowest BCUT2D eigenvalue weighted by Gasteiger charge is -2.36. The minimum absolute atomic E-state index is 0.257. The van der Waals surface area contributed by atoms with Crippen LogP contribution in [0.25, 0.3) is 0 Å². The lowest BCUT2D eigenvalue weighted by molar-refractivity contribution is -0.0169. The van der Waals surface area contributed by atoms with Crippen molar-refractivity contribution in [2.45, 2.75) is 64.8 Å². The first-order chi connectivity index (χ1) is 9.92. The fraction of sp³-hybridized carbons (Fsp3) is 0.625. The van der Waals surface area contributed by atoms with Crippen molar-refractivity contribution in [1.82, 2.24) is 0 Å². The number of hydrogen-bond donors (Lipinski definition) is 1. The van der Waals surface area contributed by atoms with Gasteiger partial charge in [-0.05, 0) is 38.2 Å². The van der Waals surface area contributed by atoms with Gasteiger partial charge in [0.05, 0.1) is 17.8 Å². The molecular formula is C16H26BNO3. The largest absolute Gasteiger partial charge is 0.494 e. The van der Waals surface area contributed by atoms with Crippen molar-refractivity contribution < 1.29 is 14.1 Å². The van der Waals surface area contributed by atoms with E-state index in [1.54, 1.807) is 0 Å². The first-order valence-electron chi connectivity index (χ1n) is 7.68. The van der Waals surface area contributed by atoms with Crippen molar-refractivity contribution in [2.75, 3.05) is 0 Å². The van der Waals surface area contributed by atoms with Crippen LogP contribution in [0.4, 0.5) is 0 Å². The Balaban J connectivity index is 2.12. The second-order valence-corrected chi connectivity index (χ2v) is 6.46. The van der Waals surface area contributed by atoms with Crippen molar-refractivity contribution in [2.24, 2.45) is 5.90 Å². The van der Waals surface area contributed by atoms with Gasteiger partial charge in [-0.2, -0.15) is 0 Å². The Hall–Kier alpha value is -0.875. The van der Waals surface area contributed by atoms with E-state index < -0.39 is 0 Å². The molecule has 1 saturated heterocycles. The van der Waals surface area contributed by atoms with Crippen LogP contribution in [0.15, 0.2) is 24.3 Å². The quantitative estimate of drug-likeness (QED) is 0.646. The van der Waals surface area contributed by atoms with Crippen molar-refractivity contribution in [3.05, 3.63) is 29.8 Å². The lowest BCUT2D eigenvalue weighted by Crippen LogP contribution is -2.44. The van der Waals surface area contributed by atoms with Crippen LogP contribution in [-0.2, 0) is 20.8 Å². The topological polar surface area (TPSA) is 53.7 Å². The summed E-state index contributed by atoms with van der Waals surface area (Å²) >= 11 is 0. The Morgan fingerprint density at radius 2 is 1.81 bits per heavy atom. The predicted octanol–water partition coefficient (Wildman–Crippen LogP) is 2.55. The summed E-state index contributed by atoms with van der Waals surface area (Å²) in [7, 11) is -0.310. The van der Waals surface area contributed by atoms with Crippen molar-refractivity contribution >= 4 is 12.6 Å². The molecule has 1 unspecified atom stereocenters. The molecule has 4 nitrogen and oxygen atoms in total. The third-order valence-electron chi connectivity index (χ3n) is 4.55. The van der Waals surface area contributed by atoms with E-state index >= 15 is 0 Å². The second-order valence-electron chi connectivity index (χ2n) is 6.46. The molecule has 1 aromatic carbocycles. The van der Waals surface area contributed by atoms with E-state index in [9.17, 15) is 0 Å². The molecule has 116 valence electrons. The van der Waals surface area contributed by atoms with Crippen LogP contribution in [0.5, 0.6) is 0 Å². The molecule has 21 heavy (non-hydrogen) atoms. The minimum Gasteiger partial charge on any atom is -0.399 e. The Bertz CT molecular complexity index is 463. The van der Waals surface area contributed by atoms with Crippen molar-refractivity contribution in [3.63, 3.8) is 0 Å². The third kappa shape index (κ3) is 3.48. The van der Waals surface area contributed by atoms with Crippen LogP contribution in [0.3, 0.4) is 0 Å². The van der Waals surface area contributed by atoms with Crippen molar-refractivity contribution in [1.29, 1.82) is 0 Å². The fourth-order valence-corrected chi connectivity index (χ4v) is 2.67. The molecule has 1 aliphatic rings. The van der Waals surface area contributed by atoms with Gasteiger partial charge in [0, 0.05) is 0 Å². The highest BCUT2D eigenvalue weighted by atomic mass is 16.7. The van der Waals surface area contributed by atoms with Crippen LogP contribution in [0.1, 0.15) is 52.5 Å². The van der Waals surface area contributed by atoms with E-state index in [2.05, 4.69) is 32.5 Å². The summed E-state index contributed by atoms with van der Waals surface area (Å²) in [6, 6.07) is 8.01. The summed E-state index contributed by atoms with van der Waals surface area (Å²) in [5.41, 5.74) is 1.51. The van der Waals surface area contributed by atoms with Crippen LogP contribution in [0, 0.1) is 0 Å². The van der Waals surface area contributed by atoms with Crippen LogP contribution < -0.4 is 11.4 Å². The van der Waals surface area contributed by atoms with Gasteiger partial charge in [-0.25, -0.2) is 5.90 Å². The van der Waals surface area contributed by atoms with Crippen LogP contribution >= 0.6 is 0 Å². The summed E-state index contributed by atoms with van der Waals surface area (Å²) in [5.74, 6) is 5.09. The van der Waals surface area contributed by atoms with Gasteiger partial charge in [-0.1, -0.05) is 44.0 Å². The molecule has 1 aliphatic heterocycles. The minimum atomic E-state index is -0.310. The molecule has 1 fully saturated rings. The van der Waals surface area contributed by atoms with Gasteiger partial charge < -0.3 is 9.31 Å². The highest BCUT2D eigenvalue weighted by Gasteiger charge is 2.53. The first kappa shape index (κ1) is 16.5. The van der Waals surface area contributed by atoms with Gasteiger partial charge in [-0.3, -0.25) is 4.84 Å². The summed E-state index contributed by atoms with van der Waals surface area (Å²) in [6.45, 7) is 8.98. The van der Waals surface area contributed by atoms with Gasteiger partial charge in [0.25, 0.3) is 0 Å². The summed E-state index contributed by atoms with van der Waals surface area (Å²) in [4.78, 5) is 4.64. The first-order valence-corrected chi connectivity index (χ1v) is 7.68. The molecule has 0 spiro atoms. The fourth-order valence-electron chi connectivity index (χ4n) is 2.67. The Labute approximate surface area is 128 Å². The molecule has 2 N–H and O–H groups in total. The summed E-state index contributed by atoms with van der Waals surface area (Å²) < 4.78 is 12.4. The number of hydrogen-bond acceptors (Lipinski definition) is 4. The van der Waals surface area contributed by atoms with Gasteiger partial charge in [-0.15, -0.1) is 0 Å². The maximum absolute atomic E-state index is 6.27. The Morgan fingerprint density at radius 1 is 1.14 bits per heavy atom. The van der Waals surface area contributed by atoms with Gasteiger partial charge in [0.15, 0.2) is 0 Å². The van der Waals surface area contributed by atoms with E-state index in [1.807, 2.05) is 24.3 Å². The standard InChI is InChI=1S/C16H26BNO3/c1-5-6-11-16(4)15(2,3)20-17(21-16)14-9-7-13(8-10-14)12-19-18/h7-10H,5-6,11-12,18H2,1-4H3. The zero-order valence-electron chi connectivity index (χ0n) is 13.5. The number of benzene rings is 1. The molecule has 5 heteroatoms. The van der Waals surface area contributed by atoms with Crippen molar-refractivity contribution in [3.8, 4) is 0 Å². The van der Waals surface area contributed by atoms with Gasteiger partial charge >= 0.3 is 7.12 Å². The summed E-state index contributed by atoms with van der Waals surface area (Å²) in [6.07, 6.45) is 3.31. The maximum atomic E-state index is 6.27. The average Bonchev–Trinajstić information content (AvgIpc) is 2.69. The number of unbranched alkanes of at least 4 members (excludes halogenated alkanes) is 1. The predicted molar refractivity (Wildman–Crippen MR) is 85.0 cm³/mol. The van der Waals surface area contributed by atoms with Crippen LogP contribution in [0.2, 0.25) is 0 Å². The molecule has 2 rings (SSSR count). The normalized spacial score (nSPS) is 24.5. The molecule has 0 aliphatic carbocycles. The Morgan fingerprint density at radius 3 is 2.38 bits per heavy atom. The monoisotopic (exact) mass is 291 g/mol. The number of rotatable bonds is 6. The van der Waals surface area contributed by atoms with E-state index in [4.69, 9.17) is 15.2 Å². The molecule has 0 bridgehead atoms. The molecule has 1 atom stereocenters. The number of nitrogens with two attached hydrogens (primary N) is 1. The molecule has 1 heterocycles. The van der Waals surface area contributed by atoms with E-state index in [0.29, 0.717) is 6.61 Å². The zero-order chi connectivity index (χ0) is 15.5. The highest BCUT2D eigenvalue weighted by molar-refractivity contribution is 6.62. The third-order valence-corrected chi connectivity index (χ3v) is 4.55. The second kappa shape index (κ2) is 6.49. The lowest BCUT2D eigenvalue weighted by atomic mass is 9.79. The van der Waals surface area contributed by atoms with E-state index in [1.165, 1.54) is 0 Å². The molecular weight excluding hydrogens is 265 g/mol. The molecule has 0 amide bonds. The smallest absolute Gasteiger partial charge is 0.399 e. The molecule has 1 aromatic rings. The summed E-state index contributed by atoms with van der Waals surface area (Å²) in [5, 5.41) is 0. The molecule has 0 saturated carbocycles. The maximum Gasteiger partial charge on any atom is 0.494 e. The van der Waals surface area contributed by atoms with Gasteiger partial charge in [0.2, 0.25) is 0 Å². The highest BCUT2D eigenvalue weighted by Crippen LogP contribution is 2.40. The molecule has 0 aromatic heterocycles. The molecule has 0 radical (unpaired) electrons.